The summed E-state index contributed by atoms with van der Waals surface area (Å²) in [6, 6.07) is 0.443. The second-order valence-corrected chi connectivity index (χ2v) is 4.15. The van der Waals surface area contributed by atoms with E-state index in [9.17, 15) is 23.3 Å². The van der Waals surface area contributed by atoms with Crippen LogP contribution in [-0.2, 0) is 6.18 Å². The highest BCUT2D eigenvalue weighted by Gasteiger charge is 2.38. The average Bonchev–Trinajstić information content (AvgIpc) is 2.26. The molecule has 1 aromatic rings. The number of aryl methyl sites for hydroxylation is 1. The number of pyridine rings is 1. The van der Waals surface area contributed by atoms with Crippen LogP contribution in [-0.4, -0.2) is 16.0 Å². The Kier molecular flexibility index (Phi) is 4.69. The molecule has 0 amide bonds. The first-order valence-corrected chi connectivity index (χ1v) is 5.67. The smallest absolute Gasteiger partial charge is 0.421 e. The van der Waals surface area contributed by atoms with Gasteiger partial charge in [-0.25, -0.2) is 4.98 Å². The van der Waals surface area contributed by atoms with Gasteiger partial charge in [-0.05, 0) is 13.8 Å². The summed E-state index contributed by atoms with van der Waals surface area (Å²) in [6.45, 7) is 6.27. The summed E-state index contributed by atoms with van der Waals surface area (Å²) in [5, 5.41) is 10.7. The molecule has 0 unspecified atom stereocenters. The summed E-state index contributed by atoms with van der Waals surface area (Å²) < 4.78 is 43.8. The van der Waals surface area contributed by atoms with Crippen molar-refractivity contribution in [3.63, 3.8) is 0 Å². The number of aromatic nitrogens is 1. The van der Waals surface area contributed by atoms with Crippen molar-refractivity contribution < 1.29 is 22.8 Å². The van der Waals surface area contributed by atoms with Crippen LogP contribution in [0.1, 0.15) is 24.6 Å². The Morgan fingerprint density at radius 2 is 2.20 bits per heavy atom. The topological polar surface area (TPSA) is 65.3 Å². The van der Waals surface area contributed by atoms with Gasteiger partial charge >= 0.3 is 6.18 Å². The highest BCUT2D eigenvalue weighted by atomic mass is 19.4. The zero-order chi connectivity index (χ0) is 15.5. The lowest BCUT2D eigenvalue weighted by Crippen LogP contribution is -2.17. The van der Waals surface area contributed by atoms with Gasteiger partial charge in [0, 0.05) is 12.5 Å². The molecule has 0 radical (unpaired) electrons. The molecular weight excluding hydrogens is 277 g/mol. The lowest BCUT2D eigenvalue weighted by molar-refractivity contribution is -0.386. The third-order valence-electron chi connectivity index (χ3n) is 2.46. The van der Waals surface area contributed by atoms with E-state index in [0.29, 0.717) is 12.5 Å². The SMILES string of the molecule is C=CC[C@@H](C)Oc1nc(C)c([N+](=O)[O-])cc1C(F)(F)F. The van der Waals surface area contributed by atoms with E-state index in [1.54, 1.807) is 6.92 Å². The molecule has 0 aliphatic rings. The van der Waals surface area contributed by atoms with Crippen molar-refractivity contribution in [3.05, 3.63) is 40.1 Å². The van der Waals surface area contributed by atoms with Crippen molar-refractivity contribution in [2.75, 3.05) is 0 Å². The molecule has 0 aromatic carbocycles. The van der Waals surface area contributed by atoms with Crippen LogP contribution >= 0.6 is 0 Å². The van der Waals surface area contributed by atoms with E-state index >= 15 is 0 Å². The Morgan fingerprint density at radius 1 is 1.60 bits per heavy atom. The predicted molar refractivity (Wildman–Crippen MR) is 65.5 cm³/mol. The number of alkyl halides is 3. The van der Waals surface area contributed by atoms with Gasteiger partial charge in [0.15, 0.2) is 0 Å². The molecule has 0 N–H and O–H groups in total. The van der Waals surface area contributed by atoms with Crippen LogP contribution in [0.3, 0.4) is 0 Å². The molecule has 0 saturated heterocycles. The molecule has 0 spiro atoms. The van der Waals surface area contributed by atoms with Crippen LogP contribution in [0, 0.1) is 17.0 Å². The number of hydrogen-bond acceptors (Lipinski definition) is 4. The van der Waals surface area contributed by atoms with E-state index < -0.39 is 34.3 Å². The van der Waals surface area contributed by atoms with Gasteiger partial charge in [-0.15, -0.1) is 6.58 Å². The van der Waals surface area contributed by atoms with E-state index in [-0.39, 0.29) is 5.69 Å². The van der Waals surface area contributed by atoms with Crippen LogP contribution in [0.15, 0.2) is 18.7 Å². The molecular formula is C12H13F3N2O3. The summed E-state index contributed by atoms with van der Waals surface area (Å²) in [5.74, 6) is -0.657. The van der Waals surface area contributed by atoms with Crippen LogP contribution in [0.5, 0.6) is 5.88 Å². The number of hydrogen-bond donors (Lipinski definition) is 0. The molecule has 20 heavy (non-hydrogen) atoms. The zero-order valence-electron chi connectivity index (χ0n) is 10.9. The van der Waals surface area contributed by atoms with E-state index in [1.165, 1.54) is 13.0 Å². The molecule has 1 heterocycles. The van der Waals surface area contributed by atoms with E-state index in [1.807, 2.05) is 0 Å². The summed E-state index contributed by atoms with van der Waals surface area (Å²) >= 11 is 0. The Bertz CT molecular complexity index is 529. The molecule has 1 rings (SSSR count). The summed E-state index contributed by atoms with van der Waals surface area (Å²) in [5.41, 5.74) is -2.09. The lowest BCUT2D eigenvalue weighted by Gasteiger charge is -2.17. The van der Waals surface area contributed by atoms with Gasteiger partial charge in [0.05, 0.1) is 4.92 Å². The van der Waals surface area contributed by atoms with Crippen molar-refractivity contribution in [2.24, 2.45) is 0 Å². The number of nitro groups is 1. The first kappa shape index (κ1) is 15.9. The standard InChI is InChI=1S/C12H13F3N2O3/c1-4-5-7(2)20-11-9(12(13,14)15)6-10(17(18)19)8(3)16-11/h4,6-7H,1,5H2,2-3H3/t7-/m1/s1. The van der Waals surface area contributed by atoms with Gasteiger partial charge in [0.2, 0.25) is 5.88 Å². The van der Waals surface area contributed by atoms with Crippen molar-refractivity contribution in [3.8, 4) is 5.88 Å². The Hall–Kier alpha value is -2.12. The fraction of sp³-hybridized carbons (Fsp3) is 0.417. The second-order valence-electron chi connectivity index (χ2n) is 4.15. The highest BCUT2D eigenvalue weighted by Crippen LogP contribution is 2.38. The Balaban J connectivity index is 3.31. The largest absolute Gasteiger partial charge is 0.474 e. The van der Waals surface area contributed by atoms with Crippen LogP contribution in [0.25, 0.3) is 0 Å². The van der Waals surface area contributed by atoms with Crippen LogP contribution < -0.4 is 4.74 Å². The molecule has 0 saturated carbocycles. The average molecular weight is 290 g/mol. The molecule has 0 fully saturated rings. The maximum Gasteiger partial charge on any atom is 0.421 e. The molecule has 0 aliphatic heterocycles. The zero-order valence-corrected chi connectivity index (χ0v) is 10.9. The molecule has 1 atom stereocenters. The fourth-order valence-corrected chi connectivity index (χ4v) is 1.52. The van der Waals surface area contributed by atoms with Crippen molar-refractivity contribution in [1.82, 2.24) is 4.98 Å². The highest BCUT2D eigenvalue weighted by molar-refractivity contribution is 5.44. The molecule has 110 valence electrons. The minimum Gasteiger partial charge on any atom is -0.474 e. The van der Waals surface area contributed by atoms with Crippen molar-refractivity contribution in [1.29, 1.82) is 0 Å². The van der Waals surface area contributed by atoms with Crippen molar-refractivity contribution >= 4 is 5.69 Å². The first-order chi connectivity index (χ1) is 9.16. The minimum atomic E-state index is -4.78. The quantitative estimate of drug-likeness (QED) is 0.471. The number of rotatable bonds is 5. The third-order valence-corrected chi connectivity index (χ3v) is 2.46. The minimum absolute atomic E-state index is 0.135. The van der Waals surface area contributed by atoms with Gasteiger partial charge in [-0.3, -0.25) is 10.1 Å². The normalized spacial score (nSPS) is 12.8. The van der Waals surface area contributed by atoms with Gasteiger partial charge in [0.25, 0.3) is 5.69 Å². The summed E-state index contributed by atoms with van der Waals surface area (Å²) in [4.78, 5) is 13.3. The number of nitrogens with zero attached hydrogens (tertiary/aromatic N) is 2. The third kappa shape index (κ3) is 3.69. The molecule has 8 heteroatoms. The monoisotopic (exact) mass is 290 g/mol. The molecule has 0 bridgehead atoms. The van der Waals surface area contributed by atoms with Crippen molar-refractivity contribution in [2.45, 2.75) is 32.5 Å². The second kappa shape index (κ2) is 5.89. The predicted octanol–water partition coefficient (Wildman–Crippen LogP) is 3.66. The maximum atomic E-state index is 12.9. The van der Waals surface area contributed by atoms with E-state index in [4.69, 9.17) is 4.74 Å². The number of ether oxygens (including phenoxy) is 1. The fourth-order valence-electron chi connectivity index (χ4n) is 1.52. The van der Waals surface area contributed by atoms with Crippen LogP contribution in [0.4, 0.5) is 18.9 Å². The Labute approximate surface area is 113 Å². The van der Waals surface area contributed by atoms with Gasteiger partial charge < -0.3 is 4.74 Å². The molecule has 1 aromatic heterocycles. The Morgan fingerprint density at radius 3 is 2.65 bits per heavy atom. The lowest BCUT2D eigenvalue weighted by atomic mass is 10.2. The van der Waals surface area contributed by atoms with E-state index in [2.05, 4.69) is 11.6 Å². The molecule has 5 nitrogen and oxygen atoms in total. The molecule has 0 aliphatic carbocycles. The summed E-state index contributed by atoms with van der Waals surface area (Å²) in [7, 11) is 0. The van der Waals surface area contributed by atoms with E-state index in [0.717, 1.165) is 0 Å². The van der Waals surface area contributed by atoms with Gasteiger partial charge in [-0.1, -0.05) is 6.08 Å². The van der Waals surface area contributed by atoms with Gasteiger partial charge in [0.1, 0.15) is 17.4 Å². The first-order valence-electron chi connectivity index (χ1n) is 5.67. The maximum absolute atomic E-state index is 12.9. The number of halogens is 3. The van der Waals surface area contributed by atoms with Gasteiger partial charge in [-0.2, -0.15) is 13.2 Å². The summed E-state index contributed by atoms with van der Waals surface area (Å²) in [6.07, 6.45) is -3.53. The van der Waals surface area contributed by atoms with Crippen LogP contribution in [0.2, 0.25) is 0 Å².